The third-order valence-electron chi connectivity index (χ3n) is 13.0. The van der Waals surface area contributed by atoms with Gasteiger partial charge in [-0.25, -0.2) is 0 Å². The molecule has 1 saturated heterocycles. The fourth-order valence-electron chi connectivity index (χ4n) is 9.35. The summed E-state index contributed by atoms with van der Waals surface area (Å²) in [5.41, 5.74) is 1.93. The average molecular weight is 1120 g/mol. The minimum absolute atomic E-state index is 0. The van der Waals surface area contributed by atoms with E-state index in [0.29, 0.717) is 11.1 Å². The first kappa shape index (κ1) is 54.6. The van der Waals surface area contributed by atoms with Gasteiger partial charge >= 0.3 is 0 Å². The zero-order chi connectivity index (χ0) is 49.9. The first-order chi connectivity index (χ1) is 36.1. The monoisotopic (exact) mass is 1120 g/mol. The summed E-state index contributed by atoms with van der Waals surface area (Å²) in [6.07, 6.45) is 8.48. The molecule has 11 rings (SSSR count). The maximum atomic E-state index is 11.5. The molecular weight excluding hydrogens is 1060 g/mol. The van der Waals surface area contributed by atoms with Gasteiger partial charge in [0.1, 0.15) is 0 Å². The second-order valence-corrected chi connectivity index (χ2v) is 27.1. The predicted octanol–water partition coefficient (Wildman–Crippen LogP) is 12.8. The van der Waals surface area contributed by atoms with Crippen LogP contribution in [0.2, 0.25) is 0 Å². The Balaban J connectivity index is 0.000000151. The molecule has 0 bridgehead atoms. The summed E-state index contributed by atoms with van der Waals surface area (Å²) in [7, 11) is -1.39. The standard InChI is InChI=1S/2C26H24P2.C13H14N2O2.Mo/c2*1-5-13-23(14-6-1)27(24-15-7-2-8-16-24)21-22-28(25-17-9-3-10-18-25)26-19-11-4-12-20-26;16-12-10-5-4-9(8-11(10)13(17)14-12)15-6-2-1-3-7-15;/h2*1-20H,21-22H2;4-5,8H,1-3,6-7H2,(H,14,16,17);/p-1. The van der Waals surface area contributed by atoms with Gasteiger partial charge in [0, 0.05) is 51.0 Å². The van der Waals surface area contributed by atoms with Gasteiger partial charge in [0.2, 0.25) is 0 Å². The minimum atomic E-state index is -0.407. The number of anilines is 1. The molecule has 74 heavy (non-hydrogen) atoms. The van der Waals surface area contributed by atoms with Crippen molar-refractivity contribution in [3.63, 3.8) is 0 Å². The van der Waals surface area contributed by atoms with E-state index in [4.69, 9.17) is 0 Å². The number of hydrogen-bond donors (Lipinski definition) is 0. The van der Waals surface area contributed by atoms with Gasteiger partial charge in [-0.1, -0.05) is 249 Å². The molecule has 0 saturated carbocycles. The van der Waals surface area contributed by atoms with Crippen LogP contribution in [-0.4, -0.2) is 49.6 Å². The number of benzene rings is 9. The van der Waals surface area contributed by atoms with Crippen LogP contribution in [0.15, 0.2) is 261 Å². The topological polar surface area (TPSA) is 51.5 Å². The van der Waals surface area contributed by atoms with E-state index < -0.39 is 11.8 Å². The van der Waals surface area contributed by atoms with Crippen molar-refractivity contribution >= 4 is 91.6 Å². The summed E-state index contributed by atoms with van der Waals surface area (Å²) >= 11 is 0. The van der Waals surface area contributed by atoms with E-state index in [1.54, 1.807) is 12.1 Å². The molecule has 0 atom stereocenters. The van der Waals surface area contributed by atoms with Gasteiger partial charge in [-0.05, 0) is 130 Å². The predicted molar refractivity (Wildman–Crippen MR) is 320 cm³/mol. The Morgan fingerprint density at radius 1 is 0.311 bits per heavy atom. The van der Waals surface area contributed by atoms with Gasteiger partial charge in [-0.2, -0.15) is 0 Å². The minimum Gasteiger partial charge on any atom is -0.587 e. The Hall–Kier alpha value is -5.67. The molecule has 2 amide bonds. The molecule has 9 heteroatoms. The first-order valence-corrected chi connectivity index (χ1v) is 31.4. The van der Waals surface area contributed by atoms with Crippen molar-refractivity contribution in [2.75, 3.05) is 42.6 Å². The van der Waals surface area contributed by atoms with E-state index in [-0.39, 0.29) is 52.8 Å². The number of rotatable bonds is 15. The van der Waals surface area contributed by atoms with E-state index in [1.807, 2.05) is 6.07 Å². The Morgan fingerprint density at radius 3 is 0.811 bits per heavy atom. The van der Waals surface area contributed by atoms with Crippen molar-refractivity contribution in [2.24, 2.45) is 0 Å². The quantitative estimate of drug-likeness (QED) is 0.0584. The summed E-state index contributed by atoms with van der Waals surface area (Å²) in [4.78, 5) is 25.1. The van der Waals surface area contributed by atoms with Crippen LogP contribution in [0.5, 0.6) is 0 Å². The average Bonchev–Trinajstić information content (AvgIpc) is 3.77. The fraction of sp³-hybridized carbons (Fsp3) is 0.138. The van der Waals surface area contributed by atoms with Gasteiger partial charge in [0.05, 0.1) is 11.8 Å². The number of imide groups is 1. The van der Waals surface area contributed by atoms with Crippen LogP contribution in [0.3, 0.4) is 0 Å². The van der Waals surface area contributed by atoms with Crippen LogP contribution in [0.4, 0.5) is 5.69 Å². The zero-order valence-electron chi connectivity index (χ0n) is 41.6. The maximum absolute atomic E-state index is 11.5. The molecule has 2 aliphatic rings. The molecule has 0 aromatic heterocycles. The van der Waals surface area contributed by atoms with E-state index in [2.05, 4.69) is 253 Å². The Morgan fingerprint density at radius 2 is 0.554 bits per heavy atom. The molecule has 2 aliphatic heterocycles. The molecule has 1 fully saturated rings. The second kappa shape index (κ2) is 28.8. The number of amides is 2. The molecular formula is C65H61MoN2O2P4-. The number of fused-ring (bicyclic) bond motifs is 1. The zero-order valence-corrected chi connectivity index (χ0v) is 47.2. The number of carbonyl (C=O) groups is 2. The molecule has 9 aromatic carbocycles. The number of nitrogens with zero attached hydrogens (tertiary/aromatic N) is 2. The normalized spacial score (nSPS) is 12.8. The molecule has 0 unspecified atom stereocenters. The third-order valence-corrected chi connectivity index (χ3v) is 23.8. The van der Waals surface area contributed by atoms with Gasteiger partial charge < -0.3 is 19.8 Å². The van der Waals surface area contributed by atoms with Crippen LogP contribution >= 0.6 is 31.7 Å². The van der Waals surface area contributed by atoms with Gasteiger partial charge in [0.25, 0.3) is 0 Å². The Kier molecular flexibility index (Phi) is 21.3. The third kappa shape index (κ3) is 15.0. The molecule has 0 N–H and O–H groups in total. The Labute approximate surface area is 458 Å². The van der Waals surface area contributed by atoms with E-state index >= 15 is 0 Å². The van der Waals surface area contributed by atoms with Crippen molar-refractivity contribution < 1.29 is 30.7 Å². The van der Waals surface area contributed by atoms with Crippen LogP contribution in [0.25, 0.3) is 5.32 Å². The van der Waals surface area contributed by atoms with Gasteiger partial charge in [0.15, 0.2) is 0 Å². The summed E-state index contributed by atoms with van der Waals surface area (Å²) in [6, 6.07) is 93.9. The Bertz CT molecular complexity index is 2580. The van der Waals surface area contributed by atoms with E-state index in [1.165, 1.54) is 86.3 Å². The fourth-order valence-corrected chi connectivity index (χ4v) is 20.1. The summed E-state index contributed by atoms with van der Waals surface area (Å²) in [5, 5.41) is 15.2. The largest absolute Gasteiger partial charge is 0.587 e. The van der Waals surface area contributed by atoms with Crippen molar-refractivity contribution in [1.82, 2.24) is 0 Å². The molecule has 0 aliphatic carbocycles. The van der Waals surface area contributed by atoms with Crippen LogP contribution in [0, 0.1) is 0 Å². The molecule has 0 radical (unpaired) electrons. The molecule has 9 aromatic rings. The molecule has 2 heterocycles. The first-order valence-electron chi connectivity index (χ1n) is 25.3. The second-order valence-electron chi connectivity index (χ2n) is 17.8. The number of piperidine rings is 1. The van der Waals surface area contributed by atoms with Crippen LogP contribution < -0.4 is 47.3 Å². The van der Waals surface area contributed by atoms with Gasteiger partial charge in [-0.15, -0.1) is 0 Å². The SMILES string of the molecule is O=C1[N-]C(=O)c2cc(N3CCCCC3)ccc21.[Mo].c1ccc(P(CCP(c2ccccc2)c2ccccc2)c2ccccc2)cc1.c1ccc(P(CCP(c2ccccc2)c2ccccc2)c2ccccc2)cc1. The van der Waals surface area contributed by atoms with Crippen molar-refractivity contribution in [3.8, 4) is 0 Å². The maximum Gasteiger partial charge on any atom is 0.0883 e. The van der Waals surface area contributed by atoms with Gasteiger partial charge in [-0.3, -0.25) is 0 Å². The van der Waals surface area contributed by atoms with E-state index in [9.17, 15) is 9.59 Å². The molecule has 0 spiro atoms. The van der Waals surface area contributed by atoms with Crippen LogP contribution in [0.1, 0.15) is 40.0 Å². The van der Waals surface area contributed by atoms with E-state index in [0.717, 1.165) is 18.8 Å². The van der Waals surface area contributed by atoms with Crippen molar-refractivity contribution in [1.29, 1.82) is 0 Å². The number of hydrogen-bond acceptors (Lipinski definition) is 3. The summed E-state index contributed by atoms with van der Waals surface area (Å²) < 4.78 is 0. The summed E-state index contributed by atoms with van der Waals surface area (Å²) in [6.45, 7) is 2.05. The number of carbonyl (C=O) groups excluding carboxylic acids is 2. The van der Waals surface area contributed by atoms with Crippen molar-refractivity contribution in [2.45, 2.75) is 19.3 Å². The molecule has 370 valence electrons. The molecule has 4 nitrogen and oxygen atoms in total. The smallest absolute Gasteiger partial charge is 0.0883 e. The summed E-state index contributed by atoms with van der Waals surface area (Å²) in [5.74, 6) is -0.806. The van der Waals surface area contributed by atoms with Crippen molar-refractivity contribution in [3.05, 3.63) is 277 Å². The van der Waals surface area contributed by atoms with Crippen LogP contribution in [-0.2, 0) is 21.1 Å².